The van der Waals surface area contributed by atoms with Crippen molar-refractivity contribution in [3.8, 4) is 0 Å². The molecule has 2 fully saturated rings. The number of nitrogens with zero attached hydrogens (tertiary/aromatic N) is 4. The van der Waals surface area contributed by atoms with Gasteiger partial charge in [-0.15, -0.1) is 0 Å². The van der Waals surface area contributed by atoms with Crippen molar-refractivity contribution in [3.05, 3.63) is 11.4 Å². The molecule has 19 heavy (non-hydrogen) atoms. The van der Waals surface area contributed by atoms with Gasteiger partial charge < -0.3 is 15.1 Å². The first-order valence-corrected chi connectivity index (χ1v) is 7.52. The normalized spacial score (nSPS) is 26.5. The first-order valence-electron chi connectivity index (χ1n) is 7.52. The number of fused-ring (bicyclic) bond motifs is 2. The monoisotopic (exact) mass is 259 g/mol. The van der Waals surface area contributed by atoms with E-state index in [2.05, 4.69) is 15.1 Å². The molecule has 2 saturated heterocycles. The van der Waals surface area contributed by atoms with Crippen LogP contribution in [-0.4, -0.2) is 54.3 Å². The average Bonchev–Trinajstić information content (AvgIpc) is 2.67. The minimum atomic E-state index is 0.994. The van der Waals surface area contributed by atoms with Gasteiger partial charge in [0.05, 0.1) is 0 Å². The van der Waals surface area contributed by atoms with Gasteiger partial charge in [0.2, 0.25) is 5.96 Å². The summed E-state index contributed by atoms with van der Waals surface area (Å²) < 4.78 is 0. The van der Waals surface area contributed by atoms with Gasteiger partial charge in [0, 0.05) is 44.7 Å². The second-order valence-electron chi connectivity index (χ2n) is 5.82. The van der Waals surface area contributed by atoms with Gasteiger partial charge in [0.15, 0.2) is 5.82 Å². The molecule has 5 heteroatoms. The molecule has 4 aliphatic heterocycles. The maximum absolute atomic E-state index is 4.84. The highest BCUT2D eigenvalue weighted by molar-refractivity contribution is 5.87. The minimum Gasteiger partial charge on any atom is -0.356 e. The molecule has 4 aliphatic rings. The van der Waals surface area contributed by atoms with Crippen LogP contribution >= 0.6 is 0 Å². The molecule has 0 aromatic heterocycles. The predicted octanol–water partition coefficient (Wildman–Crippen LogP) is 1.15. The summed E-state index contributed by atoms with van der Waals surface area (Å²) in [7, 11) is 0. The molecule has 0 aliphatic carbocycles. The van der Waals surface area contributed by atoms with Crippen molar-refractivity contribution >= 4 is 11.8 Å². The van der Waals surface area contributed by atoms with E-state index >= 15 is 0 Å². The summed E-state index contributed by atoms with van der Waals surface area (Å²) in [6, 6.07) is 0. The third-order valence-corrected chi connectivity index (χ3v) is 4.41. The third kappa shape index (κ3) is 2.01. The van der Waals surface area contributed by atoms with Crippen molar-refractivity contribution in [1.29, 1.82) is 0 Å². The Hall–Kier alpha value is -1.52. The Morgan fingerprint density at radius 1 is 0.895 bits per heavy atom. The van der Waals surface area contributed by atoms with E-state index in [1.165, 1.54) is 43.6 Å². The molecule has 0 spiro atoms. The molecule has 0 saturated carbocycles. The average molecular weight is 259 g/mol. The minimum absolute atomic E-state index is 0.994. The van der Waals surface area contributed by atoms with E-state index in [-0.39, 0.29) is 0 Å². The first-order chi connectivity index (χ1) is 9.40. The lowest BCUT2D eigenvalue weighted by Gasteiger charge is -2.38. The van der Waals surface area contributed by atoms with Gasteiger partial charge in [0.1, 0.15) is 5.84 Å². The summed E-state index contributed by atoms with van der Waals surface area (Å²) in [5.74, 6) is 3.30. The maximum Gasteiger partial charge on any atom is 0.200 e. The second kappa shape index (κ2) is 4.54. The number of hydrogen-bond acceptors (Lipinski definition) is 5. The molecular formula is C14H21N5. The molecular weight excluding hydrogens is 238 g/mol. The van der Waals surface area contributed by atoms with Gasteiger partial charge in [-0.3, -0.25) is 0 Å². The zero-order chi connectivity index (χ0) is 12.7. The number of rotatable bonds is 0. The molecule has 0 atom stereocenters. The smallest absolute Gasteiger partial charge is 0.200 e. The van der Waals surface area contributed by atoms with Crippen LogP contribution in [0.5, 0.6) is 0 Å². The predicted molar refractivity (Wildman–Crippen MR) is 76.1 cm³/mol. The van der Waals surface area contributed by atoms with Crippen LogP contribution in [0.15, 0.2) is 21.4 Å². The quantitative estimate of drug-likeness (QED) is 0.709. The molecule has 0 aromatic rings. The van der Waals surface area contributed by atoms with E-state index < -0.39 is 0 Å². The molecule has 0 aromatic carbocycles. The number of aliphatic imine (C=N–C) groups is 2. The lowest BCUT2D eigenvalue weighted by molar-refractivity contribution is 0.357. The van der Waals surface area contributed by atoms with Gasteiger partial charge in [-0.2, -0.15) is 4.99 Å². The van der Waals surface area contributed by atoms with Crippen molar-refractivity contribution in [2.75, 3.05) is 32.7 Å². The molecule has 0 bridgehead atoms. The first kappa shape index (κ1) is 11.3. The van der Waals surface area contributed by atoms with Crippen LogP contribution in [-0.2, 0) is 0 Å². The molecule has 1 N–H and O–H groups in total. The molecule has 4 heterocycles. The SMILES string of the molecule is C1CCC2=NC3=C(CN2CC1)CN1CCCNC1=N3. The van der Waals surface area contributed by atoms with Crippen LogP contribution in [0.3, 0.4) is 0 Å². The fraction of sp³-hybridized carbons (Fsp3) is 0.714. The lowest BCUT2D eigenvalue weighted by Crippen LogP contribution is -2.51. The third-order valence-electron chi connectivity index (χ3n) is 4.41. The summed E-state index contributed by atoms with van der Waals surface area (Å²) in [4.78, 5) is 14.4. The molecule has 0 unspecified atom stereocenters. The van der Waals surface area contributed by atoms with Gasteiger partial charge in [-0.05, 0) is 19.3 Å². The van der Waals surface area contributed by atoms with E-state index in [0.29, 0.717) is 0 Å². The van der Waals surface area contributed by atoms with Crippen LogP contribution in [0.4, 0.5) is 0 Å². The lowest BCUT2D eigenvalue weighted by atomic mass is 10.1. The van der Waals surface area contributed by atoms with Gasteiger partial charge >= 0.3 is 0 Å². The standard InChI is InChI=1S/C14H21N5/c1-2-5-12-16-13-11(9-18(12)7-3-1)10-19-8-4-6-15-14(19)17-13/h1-10H2,(H,15,17). The Morgan fingerprint density at radius 3 is 2.79 bits per heavy atom. The van der Waals surface area contributed by atoms with Crippen LogP contribution < -0.4 is 5.32 Å². The van der Waals surface area contributed by atoms with Crippen molar-refractivity contribution in [2.24, 2.45) is 9.98 Å². The van der Waals surface area contributed by atoms with E-state index in [0.717, 1.165) is 44.4 Å². The molecule has 0 amide bonds. The summed E-state index contributed by atoms with van der Waals surface area (Å²) in [6.07, 6.45) is 6.25. The Labute approximate surface area is 114 Å². The molecule has 0 radical (unpaired) electrons. The highest BCUT2D eigenvalue weighted by Crippen LogP contribution is 2.26. The van der Waals surface area contributed by atoms with Crippen LogP contribution in [0.1, 0.15) is 32.1 Å². The molecule has 5 nitrogen and oxygen atoms in total. The molecule has 102 valence electrons. The zero-order valence-electron chi connectivity index (χ0n) is 11.4. The summed E-state index contributed by atoms with van der Waals surface area (Å²) in [6.45, 7) is 5.39. The summed E-state index contributed by atoms with van der Waals surface area (Å²) in [5, 5.41) is 3.40. The summed E-state index contributed by atoms with van der Waals surface area (Å²) >= 11 is 0. The Balaban J connectivity index is 1.64. The van der Waals surface area contributed by atoms with Crippen LogP contribution in [0.25, 0.3) is 0 Å². The van der Waals surface area contributed by atoms with Crippen molar-refractivity contribution in [1.82, 2.24) is 15.1 Å². The van der Waals surface area contributed by atoms with Crippen molar-refractivity contribution in [3.63, 3.8) is 0 Å². The number of hydrogen-bond donors (Lipinski definition) is 1. The topological polar surface area (TPSA) is 43.2 Å². The Kier molecular flexibility index (Phi) is 2.71. The van der Waals surface area contributed by atoms with Gasteiger partial charge in [-0.25, -0.2) is 4.99 Å². The van der Waals surface area contributed by atoms with Crippen LogP contribution in [0, 0.1) is 0 Å². The van der Waals surface area contributed by atoms with E-state index in [1.54, 1.807) is 0 Å². The molecule has 4 rings (SSSR count). The summed E-state index contributed by atoms with van der Waals surface area (Å²) in [5.41, 5.74) is 1.40. The van der Waals surface area contributed by atoms with Crippen molar-refractivity contribution < 1.29 is 0 Å². The van der Waals surface area contributed by atoms with Gasteiger partial charge in [0.25, 0.3) is 0 Å². The largest absolute Gasteiger partial charge is 0.356 e. The van der Waals surface area contributed by atoms with Crippen molar-refractivity contribution in [2.45, 2.75) is 32.1 Å². The number of amidine groups is 1. The zero-order valence-corrected chi connectivity index (χ0v) is 11.4. The van der Waals surface area contributed by atoms with Crippen LogP contribution in [0.2, 0.25) is 0 Å². The second-order valence-corrected chi connectivity index (χ2v) is 5.82. The fourth-order valence-corrected chi connectivity index (χ4v) is 3.36. The maximum atomic E-state index is 4.84. The fourth-order valence-electron chi connectivity index (χ4n) is 3.36. The van der Waals surface area contributed by atoms with E-state index in [1.807, 2.05) is 0 Å². The number of guanidine groups is 1. The number of nitrogens with one attached hydrogen (secondary N) is 1. The van der Waals surface area contributed by atoms with E-state index in [4.69, 9.17) is 9.98 Å². The van der Waals surface area contributed by atoms with Gasteiger partial charge in [-0.1, -0.05) is 6.42 Å². The Morgan fingerprint density at radius 2 is 1.79 bits per heavy atom. The van der Waals surface area contributed by atoms with E-state index in [9.17, 15) is 0 Å². The highest BCUT2D eigenvalue weighted by atomic mass is 15.4. The Bertz CT molecular complexity index is 476. The highest BCUT2D eigenvalue weighted by Gasteiger charge is 2.29.